The molecule has 2 heterocycles. The molecular formula is C21H29N3OS. The summed E-state index contributed by atoms with van der Waals surface area (Å²) in [4.78, 5) is 17.0. The minimum absolute atomic E-state index is 0.0471. The molecule has 0 bridgehead atoms. The van der Waals surface area contributed by atoms with Crippen molar-refractivity contribution in [2.75, 3.05) is 19.6 Å². The monoisotopic (exact) mass is 371 g/mol. The quantitative estimate of drug-likeness (QED) is 0.770. The minimum Gasteiger partial charge on any atom is -0.334 e. The first-order chi connectivity index (χ1) is 12.7. The summed E-state index contributed by atoms with van der Waals surface area (Å²) in [5.74, 6) is 0. The van der Waals surface area contributed by atoms with Crippen molar-refractivity contribution in [1.29, 1.82) is 0 Å². The topological polar surface area (TPSA) is 35.6 Å². The summed E-state index contributed by atoms with van der Waals surface area (Å²) in [6, 6.07) is 11.0. The number of urea groups is 1. The SMILES string of the molecule is CCN(CC)Cc1ccc(CNC(=O)N2CCCC2c2ccsc2)cc1. The third kappa shape index (κ3) is 4.65. The molecule has 0 radical (unpaired) electrons. The molecular weight excluding hydrogens is 342 g/mol. The van der Waals surface area contributed by atoms with Gasteiger partial charge in [-0.1, -0.05) is 38.1 Å². The van der Waals surface area contributed by atoms with E-state index in [9.17, 15) is 4.79 Å². The van der Waals surface area contributed by atoms with Crippen LogP contribution in [0.3, 0.4) is 0 Å². The van der Waals surface area contributed by atoms with Crippen molar-refractivity contribution in [3.05, 3.63) is 57.8 Å². The van der Waals surface area contributed by atoms with E-state index in [-0.39, 0.29) is 12.1 Å². The maximum Gasteiger partial charge on any atom is 0.318 e. The Balaban J connectivity index is 1.53. The van der Waals surface area contributed by atoms with E-state index in [1.54, 1.807) is 11.3 Å². The van der Waals surface area contributed by atoms with Crippen molar-refractivity contribution in [3.8, 4) is 0 Å². The van der Waals surface area contributed by atoms with Crippen LogP contribution < -0.4 is 5.32 Å². The van der Waals surface area contributed by atoms with Gasteiger partial charge in [0.25, 0.3) is 0 Å². The molecule has 1 aromatic heterocycles. The van der Waals surface area contributed by atoms with E-state index in [2.05, 4.69) is 65.2 Å². The van der Waals surface area contributed by atoms with Gasteiger partial charge in [-0.05, 0) is 59.4 Å². The number of benzene rings is 1. The van der Waals surface area contributed by atoms with Gasteiger partial charge in [0.05, 0.1) is 6.04 Å². The van der Waals surface area contributed by atoms with E-state index in [0.717, 1.165) is 44.6 Å². The zero-order valence-electron chi connectivity index (χ0n) is 15.8. The van der Waals surface area contributed by atoms with Crippen LogP contribution >= 0.6 is 11.3 Å². The van der Waals surface area contributed by atoms with Crippen molar-refractivity contribution in [2.24, 2.45) is 0 Å². The number of thiophene rings is 1. The number of likely N-dealkylation sites (tertiary alicyclic amines) is 1. The van der Waals surface area contributed by atoms with Gasteiger partial charge in [0.1, 0.15) is 0 Å². The van der Waals surface area contributed by atoms with Crippen LogP contribution in [0, 0.1) is 0 Å². The lowest BCUT2D eigenvalue weighted by atomic mass is 10.1. The molecule has 1 aliphatic rings. The molecule has 1 aliphatic heterocycles. The average molecular weight is 372 g/mol. The van der Waals surface area contributed by atoms with Gasteiger partial charge < -0.3 is 10.2 Å². The van der Waals surface area contributed by atoms with Gasteiger partial charge in [0.15, 0.2) is 0 Å². The van der Waals surface area contributed by atoms with Gasteiger partial charge in [0, 0.05) is 19.6 Å². The van der Waals surface area contributed by atoms with Crippen molar-refractivity contribution in [3.63, 3.8) is 0 Å². The molecule has 3 rings (SSSR count). The Kier molecular flexibility index (Phi) is 6.69. The molecule has 1 N–H and O–H groups in total. The normalized spacial score (nSPS) is 17.0. The fraction of sp³-hybridized carbons (Fsp3) is 0.476. The molecule has 2 aromatic rings. The number of rotatable bonds is 7. The van der Waals surface area contributed by atoms with E-state index in [1.165, 1.54) is 11.1 Å². The number of nitrogens with zero attached hydrogens (tertiary/aromatic N) is 2. The van der Waals surface area contributed by atoms with Crippen LogP contribution in [0.25, 0.3) is 0 Å². The Bertz CT molecular complexity index is 680. The summed E-state index contributed by atoms with van der Waals surface area (Å²) < 4.78 is 0. The minimum atomic E-state index is 0.0471. The molecule has 2 amide bonds. The van der Waals surface area contributed by atoms with Gasteiger partial charge in [-0.3, -0.25) is 4.90 Å². The Morgan fingerprint density at radius 2 is 1.92 bits per heavy atom. The lowest BCUT2D eigenvalue weighted by molar-refractivity contribution is 0.192. The van der Waals surface area contributed by atoms with Crippen molar-refractivity contribution in [1.82, 2.24) is 15.1 Å². The smallest absolute Gasteiger partial charge is 0.318 e. The molecule has 0 spiro atoms. The van der Waals surface area contributed by atoms with Gasteiger partial charge >= 0.3 is 6.03 Å². The predicted molar refractivity (Wildman–Crippen MR) is 108 cm³/mol. The van der Waals surface area contributed by atoms with E-state index in [4.69, 9.17) is 0 Å². The maximum absolute atomic E-state index is 12.6. The standard InChI is InChI=1S/C21H29N3OS/c1-3-23(4-2)15-18-9-7-17(8-10-18)14-22-21(25)24-12-5-6-20(24)19-11-13-26-16-19/h7-11,13,16,20H,3-6,12,14-15H2,1-2H3,(H,22,25). The number of amides is 2. The van der Waals surface area contributed by atoms with Gasteiger partial charge in [0.2, 0.25) is 0 Å². The van der Waals surface area contributed by atoms with Crippen LogP contribution in [0.15, 0.2) is 41.1 Å². The van der Waals surface area contributed by atoms with Gasteiger partial charge in [-0.15, -0.1) is 0 Å². The molecule has 140 valence electrons. The lowest BCUT2D eigenvalue weighted by Gasteiger charge is -2.24. The Morgan fingerprint density at radius 3 is 2.58 bits per heavy atom. The highest BCUT2D eigenvalue weighted by Gasteiger charge is 2.29. The number of carbonyl (C=O) groups is 1. The fourth-order valence-electron chi connectivity index (χ4n) is 3.57. The van der Waals surface area contributed by atoms with Crippen LogP contribution in [-0.4, -0.2) is 35.5 Å². The summed E-state index contributed by atoms with van der Waals surface area (Å²) in [6.07, 6.45) is 2.14. The summed E-state index contributed by atoms with van der Waals surface area (Å²) in [5.41, 5.74) is 3.73. The number of nitrogens with one attached hydrogen (secondary N) is 1. The fourth-order valence-corrected chi connectivity index (χ4v) is 4.28. The van der Waals surface area contributed by atoms with Crippen molar-refractivity contribution in [2.45, 2.75) is 45.8 Å². The highest BCUT2D eigenvalue weighted by molar-refractivity contribution is 7.07. The molecule has 1 unspecified atom stereocenters. The van der Waals surface area contributed by atoms with Gasteiger partial charge in [-0.2, -0.15) is 11.3 Å². The van der Waals surface area contributed by atoms with Crippen LogP contribution in [0.1, 0.15) is 49.4 Å². The third-order valence-corrected chi connectivity index (χ3v) is 5.91. The molecule has 5 heteroatoms. The highest BCUT2D eigenvalue weighted by atomic mass is 32.1. The molecule has 4 nitrogen and oxygen atoms in total. The van der Waals surface area contributed by atoms with Gasteiger partial charge in [-0.25, -0.2) is 4.79 Å². The number of carbonyl (C=O) groups excluding carboxylic acids is 1. The molecule has 1 fully saturated rings. The lowest BCUT2D eigenvalue weighted by Crippen LogP contribution is -2.39. The van der Waals surface area contributed by atoms with E-state index in [0.29, 0.717) is 6.54 Å². The molecule has 0 aliphatic carbocycles. The van der Waals surface area contributed by atoms with E-state index < -0.39 is 0 Å². The third-order valence-electron chi connectivity index (χ3n) is 5.21. The van der Waals surface area contributed by atoms with Crippen molar-refractivity contribution >= 4 is 17.4 Å². The predicted octanol–water partition coefficient (Wildman–Crippen LogP) is 4.64. The molecule has 1 saturated heterocycles. The first-order valence-corrected chi connectivity index (χ1v) is 10.5. The molecule has 1 atom stereocenters. The number of hydrogen-bond donors (Lipinski definition) is 1. The number of hydrogen-bond acceptors (Lipinski definition) is 3. The first kappa shape index (κ1) is 18.9. The summed E-state index contributed by atoms with van der Waals surface area (Å²) in [5, 5.41) is 7.34. The molecule has 0 saturated carbocycles. The van der Waals surface area contributed by atoms with E-state index in [1.807, 2.05) is 4.90 Å². The Hall–Kier alpha value is -1.85. The van der Waals surface area contributed by atoms with Crippen LogP contribution in [-0.2, 0) is 13.1 Å². The van der Waals surface area contributed by atoms with Crippen LogP contribution in [0.4, 0.5) is 4.79 Å². The highest BCUT2D eigenvalue weighted by Crippen LogP contribution is 2.32. The van der Waals surface area contributed by atoms with Crippen LogP contribution in [0.5, 0.6) is 0 Å². The zero-order valence-corrected chi connectivity index (χ0v) is 16.6. The van der Waals surface area contributed by atoms with Crippen LogP contribution in [0.2, 0.25) is 0 Å². The Morgan fingerprint density at radius 1 is 1.19 bits per heavy atom. The molecule has 26 heavy (non-hydrogen) atoms. The Labute approximate surface area is 160 Å². The molecule has 1 aromatic carbocycles. The summed E-state index contributed by atoms with van der Waals surface area (Å²) in [6.45, 7) is 8.91. The maximum atomic E-state index is 12.6. The van der Waals surface area contributed by atoms with E-state index >= 15 is 0 Å². The average Bonchev–Trinajstić information content (AvgIpc) is 3.36. The second-order valence-electron chi connectivity index (χ2n) is 6.84. The zero-order chi connectivity index (χ0) is 18.4. The first-order valence-electron chi connectivity index (χ1n) is 9.58. The second kappa shape index (κ2) is 9.19. The summed E-state index contributed by atoms with van der Waals surface area (Å²) in [7, 11) is 0. The van der Waals surface area contributed by atoms with Crippen molar-refractivity contribution < 1.29 is 4.79 Å². The second-order valence-corrected chi connectivity index (χ2v) is 7.62. The largest absolute Gasteiger partial charge is 0.334 e. The summed E-state index contributed by atoms with van der Waals surface area (Å²) >= 11 is 1.70.